The van der Waals surface area contributed by atoms with Gasteiger partial charge in [0.15, 0.2) is 0 Å². The molecule has 1 atom stereocenters. The molecule has 1 saturated carbocycles. The van der Waals surface area contributed by atoms with Crippen molar-refractivity contribution in [3.05, 3.63) is 138 Å². The number of nitrogens with zero attached hydrogens (tertiary/aromatic N) is 1. The first kappa shape index (κ1) is 24.9. The molecule has 0 aromatic heterocycles. The maximum absolute atomic E-state index is 14.7. The van der Waals surface area contributed by atoms with Crippen LogP contribution in [0.25, 0.3) is 11.1 Å². The first-order chi connectivity index (χ1) is 19.2. The van der Waals surface area contributed by atoms with E-state index in [1.165, 1.54) is 6.42 Å². The SMILES string of the molecule is O=C(NC1CCCCC1)C(c1ccccc1)N1C(=O)C(=C(c2ccccc2)c2ccccc2)c2ccccc21. The first-order valence-corrected chi connectivity index (χ1v) is 13.9. The topological polar surface area (TPSA) is 49.4 Å². The van der Waals surface area contributed by atoms with Crippen LogP contribution in [0.3, 0.4) is 0 Å². The molecule has 0 saturated heterocycles. The highest BCUT2D eigenvalue weighted by Gasteiger charge is 2.42. The Bertz CT molecular complexity index is 1450. The Kier molecular flexibility index (Phi) is 7.09. The fourth-order valence-electron chi connectivity index (χ4n) is 5.98. The fraction of sp³-hybridized carbons (Fsp3) is 0.200. The molecule has 194 valence electrons. The average molecular weight is 513 g/mol. The third kappa shape index (κ3) is 4.90. The van der Waals surface area contributed by atoms with Crippen molar-refractivity contribution in [3.63, 3.8) is 0 Å². The van der Waals surface area contributed by atoms with Crippen LogP contribution in [0.15, 0.2) is 115 Å². The van der Waals surface area contributed by atoms with E-state index in [0.717, 1.165) is 59.2 Å². The normalized spacial score (nSPS) is 16.1. The molecular weight excluding hydrogens is 480 g/mol. The number of hydrogen-bond donors (Lipinski definition) is 1. The second-order valence-electron chi connectivity index (χ2n) is 10.3. The Morgan fingerprint density at radius 1 is 0.692 bits per heavy atom. The number of fused-ring (bicyclic) bond motifs is 1. The Balaban J connectivity index is 1.53. The van der Waals surface area contributed by atoms with Crippen molar-refractivity contribution >= 4 is 28.6 Å². The van der Waals surface area contributed by atoms with E-state index >= 15 is 0 Å². The minimum atomic E-state index is -0.771. The molecule has 2 amide bonds. The Hall–Kier alpha value is -4.44. The summed E-state index contributed by atoms with van der Waals surface area (Å²) in [5, 5.41) is 3.30. The van der Waals surface area contributed by atoms with Crippen LogP contribution in [0.5, 0.6) is 0 Å². The van der Waals surface area contributed by atoms with Crippen molar-refractivity contribution in [2.45, 2.75) is 44.2 Å². The number of amides is 2. The van der Waals surface area contributed by atoms with Crippen molar-refractivity contribution in [2.24, 2.45) is 0 Å². The number of anilines is 1. The highest BCUT2D eigenvalue weighted by atomic mass is 16.2. The summed E-state index contributed by atoms with van der Waals surface area (Å²) in [6, 6.07) is 37.0. The van der Waals surface area contributed by atoms with E-state index in [-0.39, 0.29) is 17.9 Å². The molecule has 1 aliphatic heterocycles. The van der Waals surface area contributed by atoms with Gasteiger partial charge in [0.25, 0.3) is 5.91 Å². The summed E-state index contributed by atoms with van der Waals surface area (Å²) in [7, 11) is 0. The van der Waals surface area contributed by atoms with E-state index in [0.29, 0.717) is 5.57 Å². The van der Waals surface area contributed by atoms with E-state index in [4.69, 9.17) is 0 Å². The summed E-state index contributed by atoms with van der Waals surface area (Å²) in [5.74, 6) is -0.287. The van der Waals surface area contributed by atoms with Gasteiger partial charge in [0, 0.05) is 17.2 Å². The molecule has 2 aliphatic rings. The zero-order valence-electron chi connectivity index (χ0n) is 21.9. The molecule has 4 heteroatoms. The van der Waals surface area contributed by atoms with Gasteiger partial charge in [-0.2, -0.15) is 0 Å². The number of rotatable bonds is 6. The zero-order chi connectivity index (χ0) is 26.6. The molecule has 4 nitrogen and oxygen atoms in total. The lowest BCUT2D eigenvalue weighted by molar-refractivity contribution is -0.125. The smallest absolute Gasteiger partial charge is 0.260 e. The average Bonchev–Trinajstić information content (AvgIpc) is 3.27. The maximum Gasteiger partial charge on any atom is 0.260 e. The van der Waals surface area contributed by atoms with Crippen LogP contribution in [0.4, 0.5) is 5.69 Å². The van der Waals surface area contributed by atoms with Gasteiger partial charge in [0.1, 0.15) is 6.04 Å². The minimum absolute atomic E-state index is 0.126. The quantitative estimate of drug-likeness (QED) is 0.278. The molecule has 1 heterocycles. The van der Waals surface area contributed by atoms with Gasteiger partial charge in [-0.3, -0.25) is 14.5 Å². The lowest BCUT2D eigenvalue weighted by atomic mass is 9.90. The van der Waals surface area contributed by atoms with E-state index in [1.807, 2.05) is 115 Å². The summed E-state index contributed by atoms with van der Waals surface area (Å²) in [6.07, 6.45) is 5.42. The maximum atomic E-state index is 14.7. The van der Waals surface area contributed by atoms with Crippen LogP contribution < -0.4 is 10.2 Å². The minimum Gasteiger partial charge on any atom is -0.351 e. The summed E-state index contributed by atoms with van der Waals surface area (Å²) < 4.78 is 0. The van der Waals surface area contributed by atoms with Crippen LogP contribution >= 0.6 is 0 Å². The first-order valence-electron chi connectivity index (χ1n) is 13.9. The summed E-state index contributed by atoms with van der Waals surface area (Å²) in [4.78, 5) is 30.4. The van der Waals surface area contributed by atoms with Crippen molar-refractivity contribution in [1.29, 1.82) is 0 Å². The number of carbonyl (C=O) groups is 2. The lowest BCUT2D eigenvalue weighted by Crippen LogP contribution is -2.46. The molecule has 6 rings (SSSR count). The van der Waals surface area contributed by atoms with Gasteiger partial charge < -0.3 is 5.32 Å². The lowest BCUT2D eigenvalue weighted by Gasteiger charge is -2.31. The van der Waals surface area contributed by atoms with Gasteiger partial charge in [-0.05, 0) is 35.6 Å². The molecule has 0 bridgehead atoms. The van der Waals surface area contributed by atoms with E-state index in [1.54, 1.807) is 4.90 Å². The van der Waals surface area contributed by atoms with Gasteiger partial charge >= 0.3 is 0 Å². The summed E-state index contributed by atoms with van der Waals surface area (Å²) >= 11 is 0. The van der Waals surface area contributed by atoms with Crippen LogP contribution in [-0.2, 0) is 9.59 Å². The highest BCUT2D eigenvalue weighted by Crippen LogP contribution is 2.46. The predicted molar refractivity (Wildman–Crippen MR) is 157 cm³/mol. The number of para-hydroxylation sites is 1. The van der Waals surface area contributed by atoms with E-state index < -0.39 is 6.04 Å². The highest BCUT2D eigenvalue weighted by molar-refractivity contribution is 6.39. The van der Waals surface area contributed by atoms with Gasteiger partial charge in [-0.25, -0.2) is 0 Å². The molecule has 1 fully saturated rings. The Labute approximate surface area is 230 Å². The molecule has 1 aliphatic carbocycles. The third-order valence-electron chi connectivity index (χ3n) is 7.81. The standard InChI is InChI=1S/C35H32N2O2/c38-34(36-28-21-11-4-12-22-28)33(27-19-9-3-10-20-27)37-30-24-14-13-23-29(30)32(35(37)39)31(25-15-5-1-6-16-25)26-17-7-2-8-18-26/h1-3,5-10,13-20,23-24,28,33H,4,11-12,21-22H2,(H,36,38). The summed E-state index contributed by atoms with van der Waals surface area (Å²) in [6.45, 7) is 0. The largest absolute Gasteiger partial charge is 0.351 e. The van der Waals surface area contributed by atoms with Gasteiger partial charge in [-0.1, -0.05) is 128 Å². The number of nitrogens with one attached hydrogen (secondary N) is 1. The number of benzene rings is 4. The molecule has 4 aromatic carbocycles. The molecule has 0 spiro atoms. The third-order valence-corrected chi connectivity index (χ3v) is 7.81. The fourth-order valence-corrected chi connectivity index (χ4v) is 5.98. The van der Waals surface area contributed by atoms with Gasteiger partial charge in [0.05, 0.1) is 11.3 Å². The molecule has 39 heavy (non-hydrogen) atoms. The summed E-state index contributed by atoms with van der Waals surface area (Å²) in [5.41, 5.74) is 5.82. The van der Waals surface area contributed by atoms with Gasteiger partial charge in [0.2, 0.25) is 5.91 Å². The van der Waals surface area contributed by atoms with E-state index in [9.17, 15) is 9.59 Å². The van der Waals surface area contributed by atoms with Crippen molar-refractivity contribution < 1.29 is 9.59 Å². The second kappa shape index (κ2) is 11.1. The van der Waals surface area contributed by atoms with E-state index in [2.05, 4.69) is 5.32 Å². The predicted octanol–water partition coefficient (Wildman–Crippen LogP) is 7.18. The van der Waals surface area contributed by atoms with Crippen molar-refractivity contribution in [2.75, 3.05) is 4.90 Å². The van der Waals surface area contributed by atoms with Crippen molar-refractivity contribution in [3.8, 4) is 0 Å². The zero-order valence-corrected chi connectivity index (χ0v) is 21.9. The molecule has 1 unspecified atom stereocenters. The number of hydrogen-bond acceptors (Lipinski definition) is 2. The van der Waals surface area contributed by atoms with Crippen molar-refractivity contribution in [1.82, 2.24) is 5.32 Å². The Morgan fingerprint density at radius 2 is 1.23 bits per heavy atom. The van der Waals surface area contributed by atoms with Gasteiger partial charge in [-0.15, -0.1) is 0 Å². The molecular formula is C35H32N2O2. The van der Waals surface area contributed by atoms with Crippen LogP contribution in [0, 0.1) is 0 Å². The van der Waals surface area contributed by atoms with Crippen LogP contribution in [0.1, 0.15) is 60.4 Å². The number of carbonyl (C=O) groups excluding carboxylic acids is 2. The molecule has 4 aromatic rings. The Morgan fingerprint density at radius 3 is 1.85 bits per heavy atom. The van der Waals surface area contributed by atoms with Crippen LogP contribution in [0.2, 0.25) is 0 Å². The second-order valence-corrected chi connectivity index (χ2v) is 10.3. The van der Waals surface area contributed by atoms with Crippen LogP contribution in [-0.4, -0.2) is 17.9 Å². The monoisotopic (exact) mass is 512 g/mol. The molecule has 1 N–H and O–H groups in total. The molecule has 0 radical (unpaired) electrons.